The van der Waals surface area contributed by atoms with Crippen LogP contribution in [0.5, 0.6) is 0 Å². The van der Waals surface area contributed by atoms with Crippen LogP contribution < -0.4 is 5.32 Å². The van der Waals surface area contributed by atoms with Gasteiger partial charge in [0.1, 0.15) is 17.2 Å². The molecule has 4 rings (SSSR count). The summed E-state index contributed by atoms with van der Waals surface area (Å²) in [6, 6.07) is 8.61. The Balaban J connectivity index is 1.74. The van der Waals surface area contributed by atoms with Crippen molar-refractivity contribution < 1.29 is 31.1 Å². The summed E-state index contributed by atoms with van der Waals surface area (Å²) in [4.78, 5) is 12.7. The quantitative estimate of drug-likeness (QED) is 0.242. The molecule has 0 fully saturated rings. The number of thiophene rings is 1. The molecule has 0 unspecified atom stereocenters. The van der Waals surface area contributed by atoms with E-state index in [-0.39, 0.29) is 12.2 Å². The lowest BCUT2D eigenvalue weighted by Crippen LogP contribution is -2.20. The molecule has 3 nitrogen and oxygen atoms in total. The highest BCUT2D eigenvalue weighted by molar-refractivity contribution is 7.17. The van der Waals surface area contributed by atoms with Crippen LogP contribution in [-0.2, 0) is 6.54 Å². The molecule has 2 aromatic heterocycles. The molecule has 0 saturated carbocycles. The first-order chi connectivity index (χ1) is 14.3. The minimum Gasteiger partial charge on any atom is -0.331 e. The fourth-order valence-corrected chi connectivity index (χ4v) is 3.82. The third kappa shape index (κ3) is 3.32. The van der Waals surface area contributed by atoms with E-state index in [1.807, 2.05) is 0 Å². The number of carbonyl (C=O) groups excluding carboxylic acids is 1. The molecule has 0 aliphatic rings. The van der Waals surface area contributed by atoms with Gasteiger partial charge in [-0.05, 0) is 35.2 Å². The molecule has 0 aliphatic heterocycles. The zero-order chi connectivity index (χ0) is 21.6. The number of fused-ring (bicyclic) bond motifs is 1. The number of amides is 1. The summed E-state index contributed by atoms with van der Waals surface area (Å²) in [7, 11) is 0. The number of aromatic nitrogens is 1. The average Bonchev–Trinajstić information content (AvgIpc) is 3.32. The van der Waals surface area contributed by atoms with Crippen LogP contribution in [0.3, 0.4) is 0 Å². The van der Waals surface area contributed by atoms with Crippen LogP contribution in [0.1, 0.15) is 16.1 Å². The fraction of sp³-hybridized carbons (Fsp3) is 0.0500. The SMILES string of the molecule is O=C(Nc1c(F)c(F)c(F)c(F)c1F)c1cc2sccc2n1Cc1ccc(F)cc1. The Kier molecular flexibility index (Phi) is 5.02. The Bertz CT molecular complexity index is 1250. The van der Waals surface area contributed by atoms with Crippen LogP contribution in [0.15, 0.2) is 41.8 Å². The normalized spacial score (nSPS) is 11.3. The molecular formula is C20H10F6N2OS. The van der Waals surface area contributed by atoms with Crippen molar-refractivity contribution in [3.63, 3.8) is 0 Å². The van der Waals surface area contributed by atoms with Crippen molar-refractivity contribution in [2.24, 2.45) is 0 Å². The topological polar surface area (TPSA) is 34.0 Å². The van der Waals surface area contributed by atoms with Crippen LogP contribution in [0, 0.1) is 34.9 Å². The molecule has 2 aromatic carbocycles. The maximum absolute atomic E-state index is 13.9. The highest BCUT2D eigenvalue weighted by Crippen LogP contribution is 2.30. The average molecular weight is 440 g/mol. The van der Waals surface area contributed by atoms with Crippen molar-refractivity contribution in [1.82, 2.24) is 4.57 Å². The summed E-state index contributed by atoms with van der Waals surface area (Å²) in [6.07, 6.45) is 0. The first-order valence-corrected chi connectivity index (χ1v) is 9.30. The van der Waals surface area contributed by atoms with E-state index in [0.29, 0.717) is 15.8 Å². The summed E-state index contributed by atoms with van der Waals surface area (Å²) in [5.41, 5.74) is -0.253. The van der Waals surface area contributed by atoms with Crippen molar-refractivity contribution in [3.8, 4) is 0 Å². The highest BCUT2D eigenvalue weighted by Gasteiger charge is 2.28. The lowest BCUT2D eigenvalue weighted by molar-refractivity contribution is 0.101. The molecule has 10 heteroatoms. The van der Waals surface area contributed by atoms with Crippen LogP contribution in [-0.4, -0.2) is 10.5 Å². The molecule has 0 bridgehead atoms. The Morgan fingerprint density at radius 1 is 0.867 bits per heavy atom. The van der Waals surface area contributed by atoms with Crippen LogP contribution in [0.2, 0.25) is 0 Å². The largest absolute Gasteiger partial charge is 0.331 e. The molecule has 0 aliphatic carbocycles. The third-order valence-electron chi connectivity index (χ3n) is 4.46. The third-order valence-corrected chi connectivity index (χ3v) is 5.31. The standard InChI is InChI=1S/C20H10F6N2OS/c21-10-3-1-9(2-4-10)8-28-11-5-6-30-13(11)7-12(28)20(29)27-19-17(25)15(23)14(22)16(24)18(19)26/h1-7H,8H2,(H,27,29). The second-order valence-corrected chi connectivity index (χ2v) is 7.26. The molecule has 1 amide bonds. The highest BCUT2D eigenvalue weighted by atomic mass is 32.1. The maximum atomic E-state index is 13.9. The summed E-state index contributed by atoms with van der Waals surface area (Å²) in [5, 5.41) is 3.54. The molecule has 0 radical (unpaired) electrons. The number of nitrogens with one attached hydrogen (secondary N) is 1. The van der Waals surface area contributed by atoms with Gasteiger partial charge < -0.3 is 9.88 Å². The second-order valence-electron chi connectivity index (χ2n) is 6.31. The number of hydrogen-bond acceptors (Lipinski definition) is 2. The molecule has 0 spiro atoms. The van der Waals surface area contributed by atoms with Crippen molar-refractivity contribution in [1.29, 1.82) is 0 Å². The van der Waals surface area contributed by atoms with Gasteiger partial charge in [-0.2, -0.15) is 0 Å². The lowest BCUT2D eigenvalue weighted by Gasteiger charge is -2.13. The predicted octanol–water partition coefficient (Wildman–Crippen LogP) is 5.84. The minimum absolute atomic E-state index is 0.0647. The number of benzene rings is 2. The number of anilines is 1. The Morgan fingerprint density at radius 2 is 1.47 bits per heavy atom. The van der Waals surface area contributed by atoms with Gasteiger partial charge in [0.2, 0.25) is 5.82 Å². The summed E-state index contributed by atoms with van der Waals surface area (Å²) < 4.78 is 83.3. The van der Waals surface area contributed by atoms with E-state index in [0.717, 1.165) is 0 Å². The molecular weight excluding hydrogens is 430 g/mol. The van der Waals surface area contributed by atoms with Crippen molar-refractivity contribution in [3.05, 3.63) is 87.9 Å². The maximum Gasteiger partial charge on any atom is 0.272 e. The first kappa shape index (κ1) is 20.0. The Morgan fingerprint density at radius 3 is 2.10 bits per heavy atom. The van der Waals surface area contributed by atoms with Gasteiger partial charge in [-0.15, -0.1) is 11.3 Å². The van der Waals surface area contributed by atoms with Gasteiger partial charge >= 0.3 is 0 Å². The number of carbonyl (C=O) groups is 1. The van der Waals surface area contributed by atoms with E-state index in [2.05, 4.69) is 0 Å². The molecule has 2 heterocycles. The van der Waals surface area contributed by atoms with Gasteiger partial charge in [-0.25, -0.2) is 26.3 Å². The fourth-order valence-electron chi connectivity index (χ4n) is 3.00. The molecule has 154 valence electrons. The van der Waals surface area contributed by atoms with E-state index in [1.165, 1.54) is 46.2 Å². The molecule has 0 saturated heterocycles. The van der Waals surface area contributed by atoms with Gasteiger partial charge in [0.05, 0.1) is 10.2 Å². The smallest absolute Gasteiger partial charge is 0.272 e. The van der Waals surface area contributed by atoms with Crippen molar-refractivity contribution in [2.45, 2.75) is 6.54 Å². The molecule has 30 heavy (non-hydrogen) atoms. The predicted molar refractivity (Wildman–Crippen MR) is 99.5 cm³/mol. The van der Waals surface area contributed by atoms with Crippen LogP contribution in [0.4, 0.5) is 32.0 Å². The van der Waals surface area contributed by atoms with E-state index in [9.17, 15) is 31.1 Å². The van der Waals surface area contributed by atoms with Gasteiger partial charge in [0.25, 0.3) is 5.91 Å². The Labute approximate surface area is 169 Å². The van der Waals surface area contributed by atoms with Gasteiger partial charge in [0, 0.05) is 6.54 Å². The lowest BCUT2D eigenvalue weighted by atomic mass is 10.2. The number of halogens is 6. The summed E-state index contributed by atoms with van der Waals surface area (Å²) in [6.45, 7) is 0.111. The Hall–Kier alpha value is -3.27. The zero-order valence-electron chi connectivity index (χ0n) is 14.8. The van der Waals surface area contributed by atoms with E-state index in [1.54, 1.807) is 16.8 Å². The second kappa shape index (κ2) is 7.52. The van der Waals surface area contributed by atoms with Crippen molar-refractivity contribution in [2.75, 3.05) is 5.32 Å². The minimum atomic E-state index is -2.32. The van der Waals surface area contributed by atoms with Crippen LogP contribution >= 0.6 is 11.3 Å². The number of rotatable bonds is 4. The van der Waals surface area contributed by atoms with E-state index >= 15 is 0 Å². The van der Waals surface area contributed by atoms with Crippen molar-refractivity contribution >= 4 is 33.1 Å². The number of nitrogens with zero attached hydrogens (tertiary/aromatic N) is 1. The first-order valence-electron chi connectivity index (χ1n) is 8.42. The molecule has 0 atom stereocenters. The summed E-state index contributed by atoms with van der Waals surface area (Å²) in [5.74, 6) is -12.4. The van der Waals surface area contributed by atoms with Gasteiger partial charge in [-0.3, -0.25) is 4.79 Å². The molecule has 4 aromatic rings. The molecule has 1 N–H and O–H groups in total. The van der Waals surface area contributed by atoms with Gasteiger partial charge in [0.15, 0.2) is 23.3 Å². The van der Waals surface area contributed by atoms with E-state index < -0.39 is 46.5 Å². The zero-order valence-corrected chi connectivity index (χ0v) is 15.6. The van der Waals surface area contributed by atoms with E-state index in [4.69, 9.17) is 0 Å². The summed E-state index contributed by atoms with van der Waals surface area (Å²) >= 11 is 1.29. The monoisotopic (exact) mass is 440 g/mol. The number of hydrogen-bond donors (Lipinski definition) is 1. The van der Waals surface area contributed by atoms with Gasteiger partial charge in [-0.1, -0.05) is 12.1 Å². The van der Waals surface area contributed by atoms with Crippen LogP contribution in [0.25, 0.3) is 10.2 Å².